The third-order valence-electron chi connectivity index (χ3n) is 2.21. The number of nitrogens with one attached hydrogen (secondary N) is 2. The van der Waals surface area contributed by atoms with E-state index in [1.165, 1.54) is 0 Å². The summed E-state index contributed by atoms with van der Waals surface area (Å²) in [6.45, 7) is 5.27. The largest absolute Gasteiger partial charge is 0.290 e. The molecule has 0 fully saturated rings. The molecule has 62 valence electrons. The molecule has 0 aliphatic heterocycles. The van der Waals surface area contributed by atoms with Crippen molar-refractivity contribution in [3.05, 3.63) is 0 Å². The van der Waals surface area contributed by atoms with Crippen LogP contribution in [-0.2, 0) is 0 Å². The van der Waals surface area contributed by atoms with Crippen LogP contribution in [0.3, 0.4) is 0 Å². The monoisotopic (exact) mass is 145 g/mol. The SMILES string of the molecule is CCN(C)C(C)(NC)NC. The van der Waals surface area contributed by atoms with Crippen molar-refractivity contribution < 1.29 is 0 Å². The number of hydrogen-bond donors (Lipinski definition) is 2. The molecule has 0 heterocycles. The summed E-state index contributed by atoms with van der Waals surface area (Å²) in [6.07, 6.45) is 0. The Morgan fingerprint density at radius 3 is 1.80 bits per heavy atom. The van der Waals surface area contributed by atoms with Crippen molar-refractivity contribution in [1.29, 1.82) is 0 Å². The zero-order valence-corrected chi connectivity index (χ0v) is 7.65. The maximum atomic E-state index is 3.19. The third kappa shape index (κ3) is 1.94. The van der Waals surface area contributed by atoms with Crippen LogP contribution in [-0.4, -0.2) is 38.4 Å². The zero-order chi connectivity index (χ0) is 8.20. The molecule has 0 aromatic carbocycles. The first kappa shape index (κ1) is 9.88. The molecule has 0 atom stereocenters. The van der Waals surface area contributed by atoms with E-state index in [2.05, 4.69) is 36.4 Å². The molecule has 3 heteroatoms. The summed E-state index contributed by atoms with van der Waals surface area (Å²) in [5, 5.41) is 6.39. The van der Waals surface area contributed by atoms with Crippen molar-refractivity contribution in [3.63, 3.8) is 0 Å². The Bertz CT molecular complexity index is 88.9. The molecular weight excluding hydrogens is 126 g/mol. The lowest BCUT2D eigenvalue weighted by atomic mass is 10.3. The number of hydrogen-bond acceptors (Lipinski definition) is 3. The highest BCUT2D eigenvalue weighted by atomic mass is 15.4. The van der Waals surface area contributed by atoms with Gasteiger partial charge >= 0.3 is 0 Å². The van der Waals surface area contributed by atoms with Crippen LogP contribution in [0.15, 0.2) is 0 Å². The molecule has 0 saturated heterocycles. The Balaban J connectivity index is 4.02. The molecule has 0 aliphatic carbocycles. The Hall–Kier alpha value is -0.120. The maximum absolute atomic E-state index is 3.19. The van der Waals surface area contributed by atoms with E-state index in [1.807, 2.05) is 14.1 Å². The van der Waals surface area contributed by atoms with Crippen LogP contribution in [0.2, 0.25) is 0 Å². The fourth-order valence-electron chi connectivity index (χ4n) is 0.823. The van der Waals surface area contributed by atoms with Gasteiger partial charge in [-0.2, -0.15) is 0 Å². The topological polar surface area (TPSA) is 27.3 Å². The van der Waals surface area contributed by atoms with Crippen LogP contribution in [0.1, 0.15) is 13.8 Å². The van der Waals surface area contributed by atoms with Gasteiger partial charge in [0.25, 0.3) is 0 Å². The van der Waals surface area contributed by atoms with E-state index in [9.17, 15) is 0 Å². The standard InChI is InChI=1S/C7H19N3/c1-6-10(5)7(2,8-3)9-4/h8-9H,6H2,1-5H3. The molecule has 0 bridgehead atoms. The highest BCUT2D eigenvalue weighted by molar-refractivity contribution is 4.74. The predicted molar refractivity (Wildman–Crippen MR) is 44.8 cm³/mol. The fourth-order valence-corrected chi connectivity index (χ4v) is 0.823. The number of rotatable bonds is 4. The molecular formula is C7H19N3. The van der Waals surface area contributed by atoms with Gasteiger partial charge in [-0.25, -0.2) is 0 Å². The average Bonchev–Trinajstić information content (AvgIpc) is 2.01. The second-order valence-electron chi connectivity index (χ2n) is 2.59. The van der Waals surface area contributed by atoms with E-state index in [0.29, 0.717) is 0 Å². The molecule has 0 saturated carbocycles. The Kier molecular flexibility index (Phi) is 3.86. The average molecular weight is 145 g/mol. The summed E-state index contributed by atoms with van der Waals surface area (Å²) in [6, 6.07) is 0. The quantitative estimate of drug-likeness (QED) is 0.547. The summed E-state index contributed by atoms with van der Waals surface area (Å²) >= 11 is 0. The Labute approximate surface area is 63.8 Å². The predicted octanol–water partition coefficient (Wildman–Crippen LogP) is 0.0506. The third-order valence-corrected chi connectivity index (χ3v) is 2.21. The van der Waals surface area contributed by atoms with Gasteiger partial charge in [0.1, 0.15) is 5.79 Å². The van der Waals surface area contributed by atoms with Gasteiger partial charge in [-0.3, -0.25) is 15.5 Å². The summed E-state index contributed by atoms with van der Waals surface area (Å²) in [4.78, 5) is 2.20. The van der Waals surface area contributed by atoms with Gasteiger partial charge in [-0.15, -0.1) is 0 Å². The van der Waals surface area contributed by atoms with Gasteiger partial charge < -0.3 is 0 Å². The molecule has 0 aromatic heterocycles. The van der Waals surface area contributed by atoms with Crippen molar-refractivity contribution >= 4 is 0 Å². The Morgan fingerprint density at radius 2 is 1.70 bits per heavy atom. The van der Waals surface area contributed by atoms with E-state index in [4.69, 9.17) is 0 Å². The van der Waals surface area contributed by atoms with E-state index >= 15 is 0 Å². The van der Waals surface area contributed by atoms with Crippen molar-refractivity contribution in [2.45, 2.75) is 19.6 Å². The van der Waals surface area contributed by atoms with Crippen molar-refractivity contribution in [2.24, 2.45) is 0 Å². The molecule has 0 radical (unpaired) electrons. The second kappa shape index (κ2) is 3.91. The lowest BCUT2D eigenvalue weighted by molar-refractivity contribution is 0.0852. The molecule has 3 nitrogen and oxygen atoms in total. The summed E-state index contributed by atoms with van der Waals surface area (Å²) < 4.78 is 0. The fraction of sp³-hybridized carbons (Fsp3) is 1.00. The first-order chi connectivity index (χ1) is 4.60. The van der Waals surface area contributed by atoms with Gasteiger partial charge in [0.15, 0.2) is 0 Å². The van der Waals surface area contributed by atoms with Gasteiger partial charge in [0.05, 0.1) is 0 Å². The maximum Gasteiger partial charge on any atom is 0.122 e. The van der Waals surface area contributed by atoms with Crippen LogP contribution in [0.5, 0.6) is 0 Å². The van der Waals surface area contributed by atoms with Gasteiger partial charge in [0.2, 0.25) is 0 Å². The summed E-state index contributed by atoms with van der Waals surface area (Å²) in [7, 11) is 5.97. The zero-order valence-electron chi connectivity index (χ0n) is 7.65. The Morgan fingerprint density at radius 1 is 1.30 bits per heavy atom. The van der Waals surface area contributed by atoms with Crippen LogP contribution in [0.4, 0.5) is 0 Å². The molecule has 0 aromatic rings. The molecule has 0 unspecified atom stereocenters. The van der Waals surface area contributed by atoms with Gasteiger partial charge in [0, 0.05) is 0 Å². The smallest absolute Gasteiger partial charge is 0.122 e. The molecule has 10 heavy (non-hydrogen) atoms. The first-order valence-electron chi connectivity index (χ1n) is 3.69. The van der Waals surface area contributed by atoms with Gasteiger partial charge in [-0.1, -0.05) is 6.92 Å². The van der Waals surface area contributed by atoms with Crippen molar-refractivity contribution in [2.75, 3.05) is 27.7 Å². The van der Waals surface area contributed by atoms with E-state index in [1.54, 1.807) is 0 Å². The molecule has 2 N–H and O–H groups in total. The van der Waals surface area contributed by atoms with Gasteiger partial charge in [-0.05, 0) is 34.6 Å². The molecule has 0 spiro atoms. The minimum atomic E-state index is -0.0747. The number of nitrogens with zero attached hydrogens (tertiary/aromatic N) is 1. The van der Waals surface area contributed by atoms with Crippen molar-refractivity contribution in [3.8, 4) is 0 Å². The van der Waals surface area contributed by atoms with Crippen molar-refractivity contribution in [1.82, 2.24) is 15.5 Å². The lowest BCUT2D eigenvalue weighted by Gasteiger charge is -2.37. The second-order valence-corrected chi connectivity index (χ2v) is 2.59. The minimum absolute atomic E-state index is 0.0747. The van der Waals surface area contributed by atoms with Crippen LogP contribution in [0, 0.1) is 0 Å². The van der Waals surface area contributed by atoms with Crippen LogP contribution >= 0.6 is 0 Å². The van der Waals surface area contributed by atoms with Crippen LogP contribution < -0.4 is 10.6 Å². The normalized spacial score (nSPS) is 12.6. The molecule has 0 rings (SSSR count). The first-order valence-corrected chi connectivity index (χ1v) is 3.69. The summed E-state index contributed by atoms with van der Waals surface area (Å²) in [5.74, 6) is -0.0747. The minimum Gasteiger partial charge on any atom is -0.290 e. The van der Waals surface area contributed by atoms with E-state index in [-0.39, 0.29) is 5.79 Å². The van der Waals surface area contributed by atoms with Crippen LogP contribution in [0.25, 0.3) is 0 Å². The molecule has 0 aliphatic rings. The van der Waals surface area contributed by atoms with E-state index < -0.39 is 0 Å². The highest BCUT2D eigenvalue weighted by Gasteiger charge is 2.22. The highest BCUT2D eigenvalue weighted by Crippen LogP contribution is 2.01. The lowest BCUT2D eigenvalue weighted by Crippen LogP contribution is -2.62. The van der Waals surface area contributed by atoms with E-state index in [0.717, 1.165) is 6.54 Å². The summed E-state index contributed by atoms with van der Waals surface area (Å²) in [5.41, 5.74) is 0. The molecule has 0 amide bonds.